The largest absolute Gasteiger partial charge is 0.351 e. The summed E-state index contributed by atoms with van der Waals surface area (Å²) >= 11 is 0. The van der Waals surface area contributed by atoms with Gasteiger partial charge in [0.25, 0.3) is 0 Å². The van der Waals surface area contributed by atoms with E-state index in [2.05, 4.69) is 136 Å². The Balaban J connectivity index is 1.55. The predicted octanol–water partition coefficient (Wildman–Crippen LogP) is 9.31. The van der Waals surface area contributed by atoms with E-state index in [1.54, 1.807) is 0 Å². The Morgan fingerprint density at radius 1 is 0.676 bits per heavy atom. The molecule has 0 aliphatic heterocycles. The molecule has 4 aromatic carbocycles. The first-order valence-electron chi connectivity index (χ1n) is 13.6. The van der Waals surface area contributed by atoms with E-state index < -0.39 is 8.07 Å². The fourth-order valence-corrected chi connectivity index (χ4v) is 10.7. The van der Waals surface area contributed by atoms with Crippen LogP contribution in [0.15, 0.2) is 66.9 Å². The molecule has 0 unspecified atom stereocenters. The maximum absolute atomic E-state index is 3.87. The van der Waals surface area contributed by atoms with Crippen molar-refractivity contribution in [3.05, 3.63) is 72.6 Å². The normalized spacial score (nSPS) is 12.6. The van der Waals surface area contributed by atoms with Gasteiger partial charge in [-0.3, -0.25) is 0 Å². The van der Waals surface area contributed by atoms with Crippen LogP contribution >= 0.6 is 0 Å². The van der Waals surface area contributed by atoms with Crippen LogP contribution in [-0.2, 0) is 14.1 Å². The van der Waals surface area contributed by atoms with Crippen LogP contribution in [0.5, 0.6) is 0 Å². The van der Waals surface area contributed by atoms with Gasteiger partial charge in [0.2, 0.25) is 0 Å². The van der Waals surface area contributed by atoms with E-state index in [0.29, 0.717) is 11.1 Å². The van der Waals surface area contributed by atoms with Crippen LogP contribution < -0.4 is 0 Å². The summed E-state index contributed by atoms with van der Waals surface area (Å²) < 4.78 is 4.48. The molecule has 0 fully saturated rings. The molecular formula is C34H36N2Si. The van der Waals surface area contributed by atoms with Crippen molar-refractivity contribution in [3.8, 4) is 11.5 Å². The third-order valence-electron chi connectivity index (χ3n) is 9.07. The predicted molar refractivity (Wildman–Crippen MR) is 165 cm³/mol. The van der Waals surface area contributed by atoms with Crippen LogP contribution in [0, 0.1) is 11.5 Å². The Morgan fingerprint density at radius 3 is 1.86 bits per heavy atom. The summed E-state index contributed by atoms with van der Waals surface area (Å²) in [6.45, 7) is 11.8. The van der Waals surface area contributed by atoms with Crippen molar-refractivity contribution in [2.75, 3.05) is 0 Å². The van der Waals surface area contributed by atoms with Crippen LogP contribution in [0.3, 0.4) is 0 Å². The molecule has 6 rings (SSSR count). The molecule has 0 bridgehead atoms. The third-order valence-corrected chi connectivity index (χ3v) is 15.0. The average Bonchev–Trinajstić information content (AvgIpc) is 3.40. The molecule has 3 heteroatoms. The molecule has 0 aliphatic carbocycles. The number of fused-ring (bicyclic) bond motifs is 7. The van der Waals surface area contributed by atoms with Gasteiger partial charge < -0.3 is 9.13 Å². The third kappa shape index (κ3) is 3.54. The lowest BCUT2D eigenvalue weighted by molar-refractivity contribution is 0.899. The Kier molecular flexibility index (Phi) is 5.51. The summed E-state index contributed by atoms with van der Waals surface area (Å²) in [7, 11) is 2.59. The molecule has 186 valence electrons. The van der Waals surface area contributed by atoms with Gasteiger partial charge in [0, 0.05) is 42.1 Å². The smallest absolute Gasteiger partial charge is 0.143 e. The molecule has 0 amide bonds. The Bertz CT molecular complexity index is 1900. The minimum absolute atomic E-state index is 0.653. The number of aromatic nitrogens is 2. The topological polar surface area (TPSA) is 9.86 Å². The van der Waals surface area contributed by atoms with Crippen molar-refractivity contribution in [1.82, 2.24) is 9.13 Å². The first-order valence-corrected chi connectivity index (χ1v) is 16.0. The molecule has 37 heavy (non-hydrogen) atoms. The Hall–Kier alpha value is -3.48. The van der Waals surface area contributed by atoms with E-state index in [9.17, 15) is 0 Å². The molecule has 0 radical (unpaired) electrons. The highest BCUT2D eigenvalue weighted by Gasteiger charge is 2.36. The molecular weight excluding hydrogens is 464 g/mol. The van der Waals surface area contributed by atoms with Crippen molar-refractivity contribution in [2.45, 2.75) is 51.7 Å². The van der Waals surface area contributed by atoms with Crippen LogP contribution in [0.2, 0.25) is 17.1 Å². The van der Waals surface area contributed by atoms with Crippen molar-refractivity contribution in [1.29, 1.82) is 0 Å². The molecule has 0 N–H and O–H groups in total. The van der Waals surface area contributed by atoms with Crippen LogP contribution in [0.1, 0.15) is 40.3 Å². The van der Waals surface area contributed by atoms with Crippen LogP contribution in [0.25, 0.3) is 54.1 Å². The maximum atomic E-state index is 3.87. The first kappa shape index (κ1) is 23.9. The van der Waals surface area contributed by atoms with Gasteiger partial charge in [-0.15, -0.1) is 5.54 Å². The molecule has 0 aliphatic rings. The second-order valence-corrected chi connectivity index (χ2v) is 16.8. The Labute approximate surface area is 220 Å². The SMILES string of the molecule is CC[Si](C#Cc1cc2cc3c(ccc4c5cc6ccn(C)c6cc5ccc34)cc2n1C)(C(C)C)C(C)C. The van der Waals surface area contributed by atoms with Gasteiger partial charge in [-0.25, -0.2) is 0 Å². The summed E-state index contributed by atoms with van der Waals surface area (Å²) in [4.78, 5) is 0. The highest BCUT2D eigenvalue weighted by molar-refractivity contribution is 6.89. The van der Waals surface area contributed by atoms with Gasteiger partial charge in [0.15, 0.2) is 0 Å². The molecule has 2 heterocycles. The average molecular weight is 501 g/mol. The lowest BCUT2D eigenvalue weighted by Crippen LogP contribution is -2.39. The summed E-state index contributed by atoms with van der Waals surface area (Å²) in [6, 6.07) is 24.3. The van der Waals surface area contributed by atoms with Gasteiger partial charge in [-0.2, -0.15) is 0 Å². The zero-order valence-electron chi connectivity index (χ0n) is 23.1. The molecule has 6 aromatic rings. The number of benzene rings is 4. The van der Waals surface area contributed by atoms with Gasteiger partial charge in [-0.05, 0) is 85.8 Å². The van der Waals surface area contributed by atoms with E-state index in [4.69, 9.17) is 0 Å². The maximum Gasteiger partial charge on any atom is 0.143 e. The second-order valence-electron chi connectivity index (χ2n) is 11.5. The summed E-state index contributed by atoms with van der Waals surface area (Å²) in [6.07, 6.45) is 2.14. The molecule has 2 aromatic heterocycles. The fourth-order valence-electron chi connectivity index (χ4n) is 6.63. The number of hydrogen-bond donors (Lipinski definition) is 0. The quantitative estimate of drug-likeness (QED) is 0.130. The fraction of sp³-hybridized carbons (Fsp3) is 0.294. The van der Waals surface area contributed by atoms with Crippen molar-refractivity contribution in [3.63, 3.8) is 0 Å². The van der Waals surface area contributed by atoms with Gasteiger partial charge in [0.1, 0.15) is 8.07 Å². The van der Waals surface area contributed by atoms with Gasteiger partial charge in [0.05, 0.1) is 5.69 Å². The zero-order chi connectivity index (χ0) is 26.1. The van der Waals surface area contributed by atoms with Gasteiger partial charge >= 0.3 is 0 Å². The Morgan fingerprint density at radius 2 is 1.27 bits per heavy atom. The molecule has 0 saturated carbocycles. The molecule has 0 saturated heterocycles. The standard InChI is InChI=1S/C34H36N2Si/c1-8-37(22(2)3,23(4)5)16-14-28-17-27-19-32-25(21-34(27)36(28)7)10-12-29-30(32)11-9-24-20-33-26(18-31(24)29)13-15-35(33)6/h9-13,15,17-23H,8H2,1-7H3. The highest BCUT2D eigenvalue weighted by atomic mass is 28.3. The minimum Gasteiger partial charge on any atom is -0.351 e. The van der Waals surface area contributed by atoms with Crippen molar-refractivity contribution < 1.29 is 0 Å². The van der Waals surface area contributed by atoms with E-state index in [0.717, 1.165) is 5.69 Å². The molecule has 2 nitrogen and oxygen atoms in total. The highest BCUT2D eigenvalue weighted by Crippen LogP contribution is 2.37. The van der Waals surface area contributed by atoms with Crippen LogP contribution in [-0.4, -0.2) is 17.2 Å². The minimum atomic E-state index is -1.68. The first-order chi connectivity index (χ1) is 17.7. The zero-order valence-corrected chi connectivity index (χ0v) is 24.1. The number of hydrogen-bond acceptors (Lipinski definition) is 0. The summed E-state index contributed by atoms with van der Waals surface area (Å²) in [5.41, 5.74) is 8.83. The lowest BCUT2D eigenvalue weighted by Gasteiger charge is -2.33. The number of rotatable bonds is 3. The van der Waals surface area contributed by atoms with E-state index in [-0.39, 0.29) is 0 Å². The summed E-state index contributed by atoms with van der Waals surface area (Å²) in [5.74, 6) is 3.66. The molecule has 0 spiro atoms. The molecule has 0 atom stereocenters. The van der Waals surface area contributed by atoms with Crippen LogP contribution in [0.4, 0.5) is 0 Å². The second kappa shape index (κ2) is 8.54. The van der Waals surface area contributed by atoms with E-state index >= 15 is 0 Å². The monoisotopic (exact) mass is 500 g/mol. The number of nitrogens with zero attached hydrogens (tertiary/aromatic N) is 2. The van der Waals surface area contributed by atoms with Gasteiger partial charge in [-0.1, -0.05) is 64.8 Å². The van der Waals surface area contributed by atoms with Crippen molar-refractivity contribution in [2.24, 2.45) is 14.1 Å². The van der Waals surface area contributed by atoms with Crippen molar-refractivity contribution >= 4 is 62.2 Å². The lowest BCUT2D eigenvalue weighted by atomic mass is 9.95. The van der Waals surface area contributed by atoms with E-state index in [1.165, 1.54) is 60.2 Å². The van der Waals surface area contributed by atoms with E-state index in [1.807, 2.05) is 0 Å². The number of aryl methyl sites for hydroxylation is 2. The summed E-state index contributed by atoms with van der Waals surface area (Å²) in [5, 5.41) is 10.4.